The van der Waals surface area contributed by atoms with E-state index < -0.39 is 5.91 Å². The monoisotopic (exact) mass is 283 g/mol. The van der Waals surface area contributed by atoms with Gasteiger partial charge < -0.3 is 4.74 Å². The van der Waals surface area contributed by atoms with Gasteiger partial charge in [-0.2, -0.15) is 0 Å². The van der Waals surface area contributed by atoms with Crippen LogP contribution in [0.25, 0.3) is 0 Å². The third kappa shape index (κ3) is 4.90. The second-order valence-corrected chi connectivity index (χ2v) is 4.83. The number of rotatable bonds is 8. The van der Waals surface area contributed by atoms with E-state index in [0.717, 1.165) is 18.4 Å². The Morgan fingerprint density at radius 1 is 1.40 bits per heavy atom. The molecule has 0 saturated heterocycles. The van der Waals surface area contributed by atoms with Crippen molar-refractivity contribution in [2.75, 3.05) is 7.11 Å². The molecule has 0 unspecified atom stereocenters. The molecule has 0 heterocycles. The van der Waals surface area contributed by atoms with Gasteiger partial charge in [-0.25, -0.2) is 9.87 Å². The van der Waals surface area contributed by atoms with Crippen LogP contribution in [0, 0.1) is 11.7 Å². The van der Waals surface area contributed by atoms with Crippen molar-refractivity contribution >= 4 is 5.91 Å². The summed E-state index contributed by atoms with van der Waals surface area (Å²) in [7, 11) is 1.56. The fourth-order valence-corrected chi connectivity index (χ4v) is 2.20. The molecule has 1 aromatic carbocycles. The minimum Gasteiger partial charge on any atom is -0.377 e. The molecule has 4 nitrogen and oxygen atoms in total. The molecule has 1 aromatic rings. The lowest BCUT2D eigenvalue weighted by Crippen LogP contribution is -2.29. The van der Waals surface area contributed by atoms with Crippen molar-refractivity contribution in [3.8, 4) is 0 Å². The molecule has 5 heteroatoms. The van der Waals surface area contributed by atoms with E-state index in [0.29, 0.717) is 12.8 Å². The number of benzene rings is 1. The van der Waals surface area contributed by atoms with Crippen LogP contribution in [0.1, 0.15) is 44.3 Å². The molecule has 2 atom stereocenters. The second kappa shape index (κ2) is 8.66. The minimum atomic E-state index is -0.400. The Labute approximate surface area is 118 Å². The number of carbonyl (C=O) groups excluding carboxylic acids is 1. The van der Waals surface area contributed by atoms with E-state index in [9.17, 15) is 9.18 Å². The number of carbonyl (C=O) groups is 1. The van der Waals surface area contributed by atoms with Crippen LogP contribution in [-0.4, -0.2) is 18.2 Å². The van der Waals surface area contributed by atoms with E-state index in [2.05, 4.69) is 0 Å². The van der Waals surface area contributed by atoms with Gasteiger partial charge in [-0.1, -0.05) is 31.9 Å². The quantitative estimate of drug-likeness (QED) is 0.569. The summed E-state index contributed by atoms with van der Waals surface area (Å²) in [6.45, 7) is 2.04. The second-order valence-electron chi connectivity index (χ2n) is 4.83. The number of nitrogens with one attached hydrogen (secondary N) is 1. The van der Waals surface area contributed by atoms with Gasteiger partial charge in [0.1, 0.15) is 5.82 Å². The van der Waals surface area contributed by atoms with Gasteiger partial charge in [0.15, 0.2) is 0 Å². The van der Waals surface area contributed by atoms with Crippen molar-refractivity contribution in [3.63, 3.8) is 0 Å². The fourth-order valence-electron chi connectivity index (χ4n) is 2.20. The number of amides is 1. The zero-order chi connectivity index (χ0) is 15.0. The lowest BCUT2D eigenvalue weighted by Gasteiger charge is -2.21. The summed E-state index contributed by atoms with van der Waals surface area (Å²) in [6, 6.07) is 6.04. The summed E-state index contributed by atoms with van der Waals surface area (Å²) in [5.74, 6) is -1.03. The average molecular weight is 283 g/mol. The van der Waals surface area contributed by atoms with E-state index in [4.69, 9.17) is 9.94 Å². The highest BCUT2D eigenvalue weighted by atomic mass is 19.1. The molecule has 0 radical (unpaired) electrons. The molecule has 0 fully saturated rings. The Balaban J connectivity index is 2.76. The standard InChI is InChI=1S/C15H22FNO3/c1-3-4-5-12(15(18)17-19)10-14(20-2)11-6-8-13(16)9-7-11/h6-9,12,14,19H,3-5,10H2,1-2H3,(H,17,18)/t12-,14+/m1/s1. The van der Waals surface area contributed by atoms with Crippen LogP contribution in [0.5, 0.6) is 0 Å². The first-order valence-corrected chi connectivity index (χ1v) is 6.84. The highest BCUT2D eigenvalue weighted by Gasteiger charge is 2.23. The summed E-state index contributed by atoms with van der Waals surface area (Å²) in [6.07, 6.45) is 2.72. The topological polar surface area (TPSA) is 58.6 Å². The predicted octanol–water partition coefficient (Wildman–Crippen LogP) is 3.22. The Morgan fingerprint density at radius 3 is 2.55 bits per heavy atom. The Kier molecular flexibility index (Phi) is 7.18. The van der Waals surface area contributed by atoms with Gasteiger partial charge >= 0.3 is 0 Å². The van der Waals surface area contributed by atoms with Gasteiger partial charge in [-0.15, -0.1) is 0 Å². The number of hydroxylamine groups is 1. The van der Waals surface area contributed by atoms with Crippen LogP contribution in [0.15, 0.2) is 24.3 Å². The van der Waals surface area contributed by atoms with Crippen molar-refractivity contribution in [1.29, 1.82) is 0 Å². The van der Waals surface area contributed by atoms with Gasteiger partial charge in [0, 0.05) is 13.0 Å². The third-order valence-corrected chi connectivity index (χ3v) is 3.41. The first kappa shape index (κ1) is 16.6. The first-order valence-electron chi connectivity index (χ1n) is 6.84. The normalized spacial score (nSPS) is 13.8. The molecule has 0 aliphatic carbocycles. The Morgan fingerprint density at radius 2 is 2.05 bits per heavy atom. The number of hydrogen-bond acceptors (Lipinski definition) is 3. The largest absolute Gasteiger partial charge is 0.377 e. The van der Waals surface area contributed by atoms with Crippen molar-refractivity contribution in [2.45, 2.75) is 38.7 Å². The Bertz CT molecular complexity index is 408. The number of hydrogen-bond donors (Lipinski definition) is 2. The maximum absolute atomic E-state index is 12.9. The highest BCUT2D eigenvalue weighted by molar-refractivity contribution is 5.77. The summed E-state index contributed by atoms with van der Waals surface area (Å²) in [5.41, 5.74) is 2.53. The first-order chi connectivity index (χ1) is 9.62. The van der Waals surface area contributed by atoms with Gasteiger partial charge in [0.05, 0.1) is 6.10 Å². The molecule has 0 spiro atoms. The lowest BCUT2D eigenvalue weighted by atomic mass is 9.92. The summed E-state index contributed by atoms with van der Waals surface area (Å²) in [4.78, 5) is 11.7. The molecule has 0 aromatic heterocycles. The molecule has 0 aliphatic rings. The molecular weight excluding hydrogens is 261 g/mol. The van der Waals surface area contributed by atoms with Crippen molar-refractivity contribution in [3.05, 3.63) is 35.6 Å². The minimum absolute atomic E-state index is 0.297. The van der Waals surface area contributed by atoms with Crippen molar-refractivity contribution in [1.82, 2.24) is 5.48 Å². The maximum atomic E-state index is 12.9. The average Bonchev–Trinajstić information content (AvgIpc) is 2.48. The third-order valence-electron chi connectivity index (χ3n) is 3.41. The molecule has 0 bridgehead atoms. The highest BCUT2D eigenvalue weighted by Crippen LogP contribution is 2.27. The molecule has 1 amide bonds. The zero-order valence-corrected chi connectivity index (χ0v) is 11.9. The number of ether oxygens (including phenoxy) is 1. The van der Waals surface area contributed by atoms with Crippen LogP contribution in [-0.2, 0) is 9.53 Å². The summed E-state index contributed by atoms with van der Waals surface area (Å²) >= 11 is 0. The molecule has 20 heavy (non-hydrogen) atoms. The lowest BCUT2D eigenvalue weighted by molar-refractivity contribution is -0.135. The molecule has 112 valence electrons. The van der Waals surface area contributed by atoms with Crippen molar-refractivity contribution in [2.24, 2.45) is 5.92 Å². The van der Waals surface area contributed by atoms with Crippen LogP contribution >= 0.6 is 0 Å². The summed E-state index contributed by atoms with van der Waals surface area (Å²) in [5, 5.41) is 8.81. The fraction of sp³-hybridized carbons (Fsp3) is 0.533. The Hall–Kier alpha value is -1.46. The van der Waals surface area contributed by atoms with Crippen molar-refractivity contribution < 1.29 is 19.1 Å². The van der Waals surface area contributed by atoms with Gasteiger partial charge in [0.2, 0.25) is 5.91 Å². The molecular formula is C15H22FNO3. The number of methoxy groups -OCH3 is 1. The van der Waals surface area contributed by atoms with E-state index in [-0.39, 0.29) is 17.8 Å². The van der Waals surface area contributed by atoms with Gasteiger partial charge in [-0.3, -0.25) is 10.0 Å². The SMILES string of the molecule is CCCC[C@H](C[C@H](OC)c1ccc(F)cc1)C(=O)NO. The van der Waals surface area contributed by atoms with Crippen LogP contribution < -0.4 is 5.48 Å². The number of halogens is 1. The zero-order valence-electron chi connectivity index (χ0n) is 11.9. The maximum Gasteiger partial charge on any atom is 0.246 e. The van der Waals surface area contributed by atoms with Crippen LogP contribution in [0.4, 0.5) is 4.39 Å². The van der Waals surface area contributed by atoms with Gasteiger partial charge in [-0.05, 0) is 30.5 Å². The molecule has 0 aliphatic heterocycles. The smallest absolute Gasteiger partial charge is 0.246 e. The van der Waals surface area contributed by atoms with E-state index in [1.165, 1.54) is 12.1 Å². The van der Waals surface area contributed by atoms with E-state index in [1.807, 2.05) is 6.92 Å². The number of unbranched alkanes of at least 4 members (excludes halogenated alkanes) is 1. The van der Waals surface area contributed by atoms with E-state index >= 15 is 0 Å². The van der Waals surface area contributed by atoms with E-state index in [1.54, 1.807) is 24.7 Å². The molecule has 0 saturated carbocycles. The summed E-state index contributed by atoms with van der Waals surface area (Å²) < 4.78 is 18.3. The van der Waals surface area contributed by atoms with Crippen LogP contribution in [0.2, 0.25) is 0 Å². The molecule has 1 rings (SSSR count). The predicted molar refractivity (Wildman–Crippen MR) is 73.7 cm³/mol. The van der Waals surface area contributed by atoms with Crippen LogP contribution in [0.3, 0.4) is 0 Å². The molecule has 2 N–H and O–H groups in total. The van der Waals surface area contributed by atoms with Gasteiger partial charge in [0.25, 0.3) is 0 Å².